The van der Waals surface area contributed by atoms with E-state index in [-0.39, 0.29) is 6.61 Å². The smallest absolute Gasteiger partial charge is 0.201 e. The molecule has 0 aliphatic carbocycles. The fraction of sp³-hybridized carbons (Fsp3) is 1.00. The Labute approximate surface area is 138 Å². The summed E-state index contributed by atoms with van der Waals surface area (Å²) in [4.78, 5) is 0. The van der Waals surface area contributed by atoms with Crippen LogP contribution in [0.4, 0.5) is 0 Å². The van der Waals surface area contributed by atoms with Gasteiger partial charge in [-0.05, 0) is 62.3 Å². The molecule has 134 valence electrons. The zero-order valence-corrected chi connectivity index (χ0v) is 15.7. The largest absolute Gasteiger partial charge is 0.393 e. The first-order valence-corrected chi connectivity index (χ1v) is 8.21. The number of hydrogen-bond acceptors (Lipinski definition) is 6. The van der Waals surface area contributed by atoms with Gasteiger partial charge in [-0.25, -0.2) is 0 Å². The van der Waals surface area contributed by atoms with E-state index in [0.717, 1.165) is 0 Å². The molecule has 3 aliphatic heterocycles. The number of hydrogen-bond donors (Lipinski definition) is 1. The molecule has 23 heavy (non-hydrogen) atoms. The summed E-state index contributed by atoms with van der Waals surface area (Å²) in [6.45, 7) is 16.7. The van der Waals surface area contributed by atoms with Gasteiger partial charge < -0.3 is 28.8 Å². The lowest BCUT2D eigenvalue weighted by atomic mass is 9.61. The summed E-state index contributed by atoms with van der Waals surface area (Å²) in [5.74, 6) is -2.77. The first-order valence-electron chi connectivity index (χ1n) is 8.21. The summed E-state index contributed by atoms with van der Waals surface area (Å²) in [6.07, 6.45) is 0. The molecule has 0 aromatic carbocycles. The molecule has 1 N–H and O–H groups in total. The molecule has 3 aliphatic rings. The van der Waals surface area contributed by atoms with Gasteiger partial charge in [0.15, 0.2) is 17.2 Å². The molecule has 3 rings (SSSR count). The van der Waals surface area contributed by atoms with Gasteiger partial charge in [0.2, 0.25) is 5.79 Å². The van der Waals surface area contributed by atoms with Crippen LogP contribution in [0.3, 0.4) is 0 Å². The highest BCUT2D eigenvalue weighted by Crippen LogP contribution is 2.66. The van der Waals surface area contributed by atoms with Crippen molar-refractivity contribution in [2.75, 3.05) is 6.61 Å². The van der Waals surface area contributed by atoms with Crippen LogP contribution in [-0.2, 0) is 23.7 Å². The molecule has 0 bridgehead atoms. The van der Waals surface area contributed by atoms with Gasteiger partial charge in [0, 0.05) is 0 Å². The lowest BCUT2D eigenvalue weighted by Crippen LogP contribution is -2.82. The summed E-state index contributed by atoms with van der Waals surface area (Å²) >= 11 is 0. The highest BCUT2D eigenvalue weighted by atomic mass is 16.9. The molecule has 6 nitrogen and oxygen atoms in total. The Hall–Kier alpha value is -0.240. The molecule has 0 unspecified atom stereocenters. The van der Waals surface area contributed by atoms with Crippen molar-refractivity contribution in [1.82, 2.24) is 0 Å². The van der Waals surface area contributed by atoms with Crippen LogP contribution in [0, 0.1) is 0 Å². The maximum atomic E-state index is 10.1. The Morgan fingerprint density at radius 1 is 0.565 bits per heavy atom. The molecule has 6 heteroatoms. The predicted molar refractivity (Wildman–Crippen MR) is 82.7 cm³/mol. The normalized spacial score (nSPS) is 57.1. The van der Waals surface area contributed by atoms with E-state index >= 15 is 0 Å². The van der Waals surface area contributed by atoms with Crippen LogP contribution in [0.25, 0.3) is 0 Å². The zero-order chi connectivity index (χ0) is 17.7. The second-order valence-electron chi connectivity index (χ2n) is 8.74. The van der Waals surface area contributed by atoms with Crippen LogP contribution in [0.2, 0.25) is 0 Å². The minimum Gasteiger partial charge on any atom is -0.393 e. The lowest BCUT2D eigenvalue weighted by molar-refractivity contribution is -0.395. The van der Waals surface area contributed by atoms with Gasteiger partial charge in [-0.1, -0.05) is 0 Å². The summed E-state index contributed by atoms with van der Waals surface area (Å²) < 4.78 is 31.5. The summed E-state index contributed by atoms with van der Waals surface area (Å²) in [5, 5.41) is 10.1. The van der Waals surface area contributed by atoms with Gasteiger partial charge in [-0.3, -0.25) is 0 Å². The molecule has 5 atom stereocenters. The minimum atomic E-state index is -1.09. The van der Waals surface area contributed by atoms with Crippen LogP contribution >= 0.6 is 0 Å². The Morgan fingerprint density at radius 3 is 1.52 bits per heavy atom. The van der Waals surface area contributed by atoms with Crippen molar-refractivity contribution in [3.05, 3.63) is 0 Å². The number of ether oxygens (including phenoxy) is 5. The third kappa shape index (κ3) is 1.80. The number of fused-ring (bicyclic) bond motifs is 3. The van der Waals surface area contributed by atoms with E-state index in [2.05, 4.69) is 0 Å². The third-order valence-corrected chi connectivity index (χ3v) is 6.21. The van der Waals surface area contributed by atoms with Crippen molar-refractivity contribution in [3.63, 3.8) is 0 Å². The van der Waals surface area contributed by atoms with E-state index in [9.17, 15) is 5.11 Å². The third-order valence-electron chi connectivity index (χ3n) is 6.21. The molecule has 0 spiro atoms. The molecule has 3 saturated heterocycles. The molecular weight excluding hydrogens is 300 g/mol. The Morgan fingerprint density at radius 2 is 1.00 bits per heavy atom. The molecule has 0 radical (unpaired) electrons. The summed E-state index contributed by atoms with van der Waals surface area (Å²) in [7, 11) is 0. The van der Waals surface area contributed by atoms with E-state index in [4.69, 9.17) is 23.7 Å². The van der Waals surface area contributed by atoms with E-state index in [1.54, 1.807) is 0 Å². The highest BCUT2D eigenvalue weighted by molar-refractivity contribution is 5.28. The van der Waals surface area contributed by atoms with E-state index in [1.165, 1.54) is 0 Å². The minimum absolute atomic E-state index is 0.228. The van der Waals surface area contributed by atoms with E-state index < -0.39 is 39.8 Å². The Bertz CT molecular complexity index is 547. The number of aliphatic hydroxyl groups excluding tert-OH is 1. The summed E-state index contributed by atoms with van der Waals surface area (Å²) in [5.41, 5.74) is -3.79. The maximum Gasteiger partial charge on any atom is 0.201 e. The van der Waals surface area contributed by atoms with Gasteiger partial charge in [0.1, 0.15) is 16.8 Å². The van der Waals surface area contributed by atoms with Gasteiger partial charge >= 0.3 is 0 Å². The Balaban J connectivity index is 2.26. The van der Waals surface area contributed by atoms with Crippen LogP contribution in [0.1, 0.15) is 62.3 Å². The zero-order valence-electron chi connectivity index (χ0n) is 15.7. The highest BCUT2D eigenvalue weighted by Gasteiger charge is 2.84. The molecule has 0 saturated carbocycles. The predicted octanol–water partition coefficient (Wildman–Crippen LogP) is 2.33. The second-order valence-corrected chi connectivity index (χ2v) is 8.74. The molecule has 0 amide bonds. The lowest BCUT2D eigenvalue weighted by Gasteiger charge is -2.63. The van der Waals surface area contributed by atoms with Gasteiger partial charge in [-0.2, -0.15) is 0 Å². The average Bonchev–Trinajstić information content (AvgIpc) is 2.65. The molecule has 0 aromatic heterocycles. The fourth-order valence-corrected chi connectivity index (χ4v) is 4.89. The SMILES string of the molecule is CC1(C)O[C@@]2(C)O[C@](C)(CO)[C@]3(C)OC(C)(C)O[C@]3(C)[C@]2(C)O1. The molecule has 0 aromatic rings. The van der Waals surface area contributed by atoms with E-state index in [1.807, 2.05) is 62.3 Å². The monoisotopic (exact) mass is 330 g/mol. The van der Waals surface area contributed by atoms with Crippen molar-refractivity contribution in [2.45, 2.75) is 102 Å². The first-order chi connectivity index (χ1) is 10.1. The van der Waals surface area contributed by atoms with Crippen LogP contribution in [0.15, 0.2) is 0 Å². The number of aliphatic hydroxyl groups is 1. The average molecular weight is 330 g/mol. The summed E-state index contributed by atoms with van der Waals surface area (Å²) in [6, 6.07) is 0. The van der Waals surface area contributed by atoms with Crippen molar-refractivity contribution in [2.24, 2.45) is 0 Å². The van der Waals surface area contributed by atoms with Crippen molar-refractivity contribution >= 4 is 0 Å². The van der Waals surface area contributed by atoms with Crippen LogP contribution in [0.5, 0.6) is 0 Å². The van der Waals surface area contributed by atoms with Gasteiger partial charge in [0.05, 0.1) is 6.61 Å². The van der Waals surface area contributed by atoms with Crippen molar-refractivity contribution in [3.8, 4) is 0 Å². The fourth-order valence-electron chi connectivity index (χ4n) is 4.89. The standard InChI is InChI=1S/C17H30O6/c1-11(2)19-14(6)13(5,10-18)23-17(9)16(8,15(14,7)20-11)21-12(3,4)22-17/h18H,10H2,1-9H3/t13-,14+,15+,16+,17+/m1/s1. The van der Waals surface area contributed by atoms with Crippen LogP contribution in [-0.4, -0.2) is 51.5 Å². The maximum absolute atomic E-state index is 10.1. The van der Waals surface area contributed by atoms with E-state index in [0.29, 0.717) is 0 Å². The van der Waals surface area contributed by atoms with Gasteiger partial charge in [-0.15, -0.1) is 0 Å². The second kappa shape index (κ2) is 4.11. The number of rotatable bonds is 1. The van der Waals surface area contributed by atoms with Crippen molar-refractivity contribution in [1.29, 1.82) is 0 Å². The quantitative estimate of drug-likeness (QED) is 0.796. The molecule has 3 fully saturated rings. The first kappa shape index (κ1) is 17.6. The molecule has 3 heterocycles. The van der Waals surface area contributed by atoms with Crippen molar-refractivity contribution < 1.29 is 28.8 Å². The van der Waals surface area contributed by atoms with Crippen LogP contribution < -0.4 is 0 Å². The topological polar surface area (TPSA) is 66.4 Å². The Kier molecular flexibility index (Phi) is 3.14. The molecular formula is C17H30O6. The van der Waals surface area contributed by atoms with Gasteiger partial charge in [0.25, 0.3) is 0 Å².